The minimum absolute atomic E-state index is 0.646. The van der Waals surface area contributed by atoms with E-state index in [2.05, 4.69) is 37.0 Å². The van der Waals surface area contributed by atoms with Gasteiger partial charge in [-0.2, -0.15) is 5.10 Å². The van der Waals surface area contributed by atoms with Crippen molar-refractivity contribution in [2.45, 2.75) is 0 Å². The van der Waals surface area contributed by atoms with E-state index in [1.807, 2.05) is 18.2 Å². The molecule has 72 valence electrons. The van der Waals surface area contributed by atoms with Gasteiger partial charge in [0.05, 0.1) is 23.8 Å². The lowest BCUT2D eigenvalue weighted by atomic mass is 10.3. The van der Waals surface area contributed by atoms with Crippen LogP contribution in [0.1, 0.15) is 0 Å². The fourth-order valence-corrected chi connectivity index (χ4v) is 2.53. The Morgan fingerprint density at radius 2 is 1.86 bits per heavy atom. The van der Waals surface area contributed by atoms with Crippen LogP contribution >= 0.6 is 31.9 Å². The Morgan fingerprint density at radius 1 is 1.21 bits per heavy atom. The summed E-state index contributed by atoms with van der Waals surface area (Å²) in [7, 11) is 0. The van der Waals surface area contributed by atoms with Gasteiger partial charge in [0, 0.05) is 8.95 Å². The summed E-state index contributed by atoms with van der Waals surface area (Å²) < 4.78 is 3.66. The lowest BCUT2D eigenvalue weighted by Crippen LogP contribution is -1.96. The van der Waals surface area contributed by atoms with E-state index in [4.69, 9.17) is 5.73 Å². The first-order chi connectivity index (χ1) is 6.68. The first-order valence-electron chi connectivity index (χ1n) is 3.93. The molecule has 0 unspecified atom stereocenters. The molecule has 0 spiro atoms. The summed E-state index contributed by atoms with van der Waals surface area (Å²) in [6, 6.07) is 5.86. The van der Waals surface area contributed by atoms with Crippen molar-refractivity contribution in [1.82, 2.24) is 9.78 Å². The van der Waals surface area contributed by atoms with Gasteiger partial charge in [0.1, 0.15) is 0 Å². The smallest absolute Gasteiger partial charge is 0.0930 e. The van der Waals surface area contributed by atoms with E-state index >= 15 is 0 Å². The molecule has 3 nitrogen and oxygen atoms in total. The zero-order valence-electron chi connectivity index (χ0n) is 7.11. The van der Waals surface area contributed by atoms with Crippen LogP contribution in [0.3, 0.4) is 0 Å². The number of halogens is 2. The zero-order chi connectivity index (χ0) is 10.1. The molecule has 1 aromatic heterocycles. The molecule has 14 heavy (non-hydrogen) atoms. The average molecular weight is 317 g/mol. The summed E-state index contributed by atoms with van der Waals surface area (Å²) in [5.41, 5.74) is 7.20. The maximum atomic E-state index is 5.60. The van der Waals surface area contributed by atoms with E-state index in [-0.39, 0.29) is 0 Å². The van der Waals surface area contributed by atoms with Crippen molar-refractivity contribution in [1.29, 1.82) is 0 Å². The van der Waals surface area contributed by atoms with Gasteiger partial charge in [0.15, 0.2) is 0 Å². The fraction of sp³-hybridized carbons (Fsp3) is 0. The third kappa shape index (κ3) is 1.69. The zero-order valence-corrected chi connectivity index (χ0v) is 10.3. The molecule has 0 bridgehead atoms. The number of nitrogen functional groups attached to an aromatic ring is 1. The number of para-hydroxylation sites is 1. The van der Waals surface area contributed by atoms with E-state index in [0.717, 1.165) is 14.6 Å². The Labute approximate surface area is 98.2 Å². The molecule has 0 atom stereocenters. The summed E-state index contributed by atoms with van der Waals surface area (Å²) >= 11 is 6.92. The standard InChI is InChI=1S/C9H7Br2N3/c10-7-2-1-3-8(11)9(7)14-5-6(12)4-13-14/h1-5H,12H2. The van der Waals surface area contributed by atoms with Gasteiger partial charge in [0.2, 0.25) is 0 Å². The first-order valence-corrected chi connectivity index (χ1v) is 5.51. The van der Waals surface area contributed by atoms with E-state index in [9.17, 15) is 0 Å². The van der Waals surface area contributed by atoms with Crippen LogP contribution in [0.2, 0.25) is 0 Å². The van der Waals surface area contributed by atoms with Crippen LogP contribution in [0.25, 0.3) is 5.69 Å². The van der Waals surface area contributed by atoms with E-state index in [1.165, 1.54) is 0 Å². The van der Waals surface area contributed by atoms with Gasteiger partial charge in [-0.25, -0.2) is 4.68 Å². The average Bonchev–Trinajstić information content (AvgIpc) is 2.51. The predicted octanol–water partition coefficient (Wildman–Crippen LogP) is 2.98. The molecule has 0 saturated carbocycles. The third-order valence-electron chi connectivity index (χ3n) is 1.77. The molecule has 2 aromatic rings. The Balaban J connectivity index is 2.61. The fourth-order valence-electron chi connectivity index (χ4n) is 1.17. The largest absolute Gasteiger partial charge is 0.396 e. The molecule has 0 saturated heterocycles. The monoisotopic (exact) mass is 315 g/mol. The number of nitrogens with zero attached hydrogens (tertiary/aromatic N) is 2. The molecule has 1 aromatic carbocycles. The number of hydrogen-bond donors (Lipinski definition) is 1. The van der Waals surface area contributed by atoms with Crippen molar-refractivity contribution in [2.24, 2.45) is 0 Å². The van der Waals surface area contributed by atoms with Crippen LogP contribution < -0.4 is 5.73 Å². The van der Waals surface area contributed by atoms with Crippen molar-refractivity contribution in [2.75, 3.05) is 5.73 Å². The van der Waals surface area contributed by atoms with E-state index in [1.54, 1.807) is 17.1 Å². The Bertz CT molecular complexity index is 445. The highest BCUT2D eigenvalue weighted by atomic mass is 79.9. The SMILES string of the molecule is Nc1cnn(-c2c(Br)cccc2Br)c1. The highest BCUT2D eigenvalue weighted by Crippen LogP contribution is 2.28. The van der Waals surface area contributed by atoms with Gasteiger partial charge in [0.25, 0.3) is 0 Å². The molecule has 0 aliphatic carbocycles. The van der Waals surface area contributed by atoms with Crippen molar-refractivity contribution in [3.8, 4) is 5.69 Å². The third-order valence-corrected chi connectivity index (χ3v) is 3.05. The van der Waals surface area contributed by atoms with Crippen molar-refractivity contribution < 1.29 is 0 Å². The van der Waals surface area contributed by atoms with Crippen LogP contribution in [0.4, 0.5) is 5.69 Å². The van der Waals surface area contributed by atoms with Gasteiger partial charge in [-0.05, 0) is 44.0 Å². The molecule has 0 fully saturated rings. The summed E-state index contributed by atoms with van der Waals surface area (Å²) in [4.78, 5) is 0. The van der Waals surface area contributed by atoms with E-state index < -0.39 is 0 Å². The van der Waals surface area contributed by atoms with Gasteiger partial charge < -0.3 is 5.73 Å². The normalized spacial score (nSPS) is 10.4. The molecule has 1 heterocycles. The number of hydrogen-bond acceptors (Lipinski definition) is 2. The lowest BCUT2D eigenvalue weighted by Gasteiger charge is -2.06. The molecule has 0 radical (unpaired) electrons. The van der Waals surface area contributed by atoms with Gasteiger partial charge >= 0.3 is 0 Å². The highest BCUT2D eigenvalue weighted by molar-refractivity contribution is 9.11. The van der Waals surface area contributed by atoms with Crippen molar-refractivity contribution in [3.63, 3.8) is 0 Å². The molecule has 0 amide bonds. The Hall–Kier alpha value is -0.810. The Morgan fingerprint density at radius 3 is 2.36 bits per heavy atom. The molecular weight excluding hydrogens is 310 g/mol. The topological polar surface area (TPSA) is 43.8 Å². The second-order valence-electron chi connectivity index (χ2n) is 2.79. The summed E-state index contributed by atoms with van der Waals surface area (Å²) in [5.74, 6) is 0. The lowest BCUT2D eigenvalue weighted by molar-refractivity contribution is 0.872. The first kappa shape index (κ1) is 9.73. The van der Waals surface area contributed by atoms with Crippen LogP contribution in [-0.2, 0) is 0 Å². The molecule has 0 aliphatic rings. The van der Waals surface area contributed by atoms with Crippen LogP contribution in [0, 0.1) is 0 Å². The quantitative estimate of drug-likeness (QED) is 0.879. The molecule has 2 rings (SSSR count). The van der Waals surface area contributed by atoms with Gasteiger partial charge in [-0.1, -0.05) is 6.07 Å². The van der Waals surface area contributed by atoms with E-state index in [0.29, 0.717) is 5.69 Å². The number of anilines is 1. The predicted molar refractivity (Wildman–Crippen MR) is 63.4 cm³/mol. The molecule has 5 heteroatoms. The minimum atomic E-state index is 0.646. The maximum Gasteiger partial charge on any atom is 0.0930 e. The Kier molecular flexibility index (Phi) is 2.60. The number of nitrogens with two attached hydrogens (primary N) is 1. The second kappa shape index (κ2) is 3.74. The summed E-state index contributed by atoms with van der Waals surface area (Å²) in [5, 5.41) is 4.14. The number of benzene rings is 1. The van der Waals surface area contributed by atoms with Crippen LogP contribution in [0.5, 0.6) is 0 Å². The summed E-state index contributed by atoms with van der Waals surface area (Å²) in [6.45, 7) is 0. The minimum Gasteiger partial charge on any atom is -0.396 e. The van der Waals surface area contributed by atoms with Gasteiger partial charge in [-0.3, -0.25) is 0 Å². The maximum absolute atomic E-state index is 5.60. The van der Waals surface area contributed by atoms with Crippen LogP contribution in [-0.4, -0.2) is 9.78 Å². The van der Waals surface area contributed by atoms with Crippen molar-refractivity contribution >= 4 is 37.5 Å². The molecule has 2 N–H and O–H groups in total. The molecule has 0 aliphatic heterocycles. The number of aromatic nitrogens is 2. The summed E-state index contributed by atoms with van der Waals surface area (Å²) in [6.07, 6.45) is 3.39. The van der Waals surface area contributed by atoms with Gasteiger partial charge in [-0.15, -0.1) is 0 Å². The van der Waals surface area contributed by atoms with Crippen LogP contribution in [0.15, 0.2) is 39.5 Å². The molecular formula is C9H7Br2N3. The number of rotatable bonds is 1. The second-order valence-corrected chi connectivity index (χ2v) is 4.50. The highest BCUT2D eigenvalue weighted by Gasteiger charge is 2.07. The van der Waals surface area contributed by atoms with Crippen molar-refractivity contribution in [3.05, 3.63) is 39.5 Å².